The van der Waals surface area contributed by atoms with Crippen molar-refractivity contribution in [1.82, 2.24) is 9.55 Å². The van der Waals surface area contributed by atoms with Crippen LogP contribution in [0.2, 0.25) is 0 Å². The van der Waals surface area contributed by atoms with Crippen LogP contribution in [0.1, 0.15) is 17.6 Å². The fraction of sp³-hybridized carbons (Fsp3) is 0.154. The zero-order valence-corrected chi connectivity index (χ0v) is 9.80. The summed E-state index contributed by atoms with van der Waals surface area (Å²) in [5, 5.41) is 0.703. The standard InChI is InChI=1S/C13H12FN3O/c1-17-5-4-16-13(17)12(15)11-7-8-6-9(14)2-3-10(8)18-11/h2-7,12H,15H2,1H3. The van der Waals surface area contributed by atoms with Gasteiger partial charge in [0.15, 0.2) is 0 Å². The van der Waals surface area contributed by atoms with Crippen molar-refractivity contribution < 1.29 is 8.81 Å². The predicted octanol–water partition coefficient (Wildman–Crippen LogP) is 2.35. The molecule has 0 saturated carbocycles. The highest BCUT2D eigenvalue weighted by Crippen LogP contribution is 2.26. The van der Waals surface area contributed by atoms with Crippen LogP contribution in [0.3, 0.4) is 0 Å². The summed E-state index contributed by atoms with van der Waals surface area (Å²) < 4.78 is 20.5. The van der Waals surface area contributed by atoms with Gasteiger partial charge in [0, 0.05) is 24.8 Å². The number of fused-ring (bicyclic) bond motifs is 1. The lowest BCUT2D eigenvalue weighted by Crippen LogP contribution is -2.15. The summed E-state index contributed by atoms with van der Waals surface area (Å²) in [5.74, 6) is 0.986. The fourth-order valence-corrected chi connectivity index (χ4v) is 1.99. The van der Waals surface area contributed by atoms with Crippen molar-refractivity contribution in [2.45, 2.75) is 6.04 Å². The Bertz CT molecular complexity index is 701. The van der Waals surface area contributed by atoms with Crippen LogP contribution in [-0.4, -0.2) is 9.55 Å². The maximum Gasteiger partial charge on any atom is 0.134 e. The molecule has 1 unspecified atom stereocenters. The third kappa shape index (κ3) is 1.69. The second-order valence-corrected chi connectivity index (χ2v) is 4.20. The third-order valence-corrected chi connectivity index (χ3v) is 2.94. The van der Waals surface area contributed by atoms with Crippen molar-refractivity contribution in [2.75, 3.05) is 0 Å². The number of imidazole rings is 1. The number of hydrogen-bond donors (Lipinski definition) is 1. The molecule has 2 N–H and O–H groups in total. The lowest BCUT2D eigenvalue weighted by molar-refractivity contribution is 0.508. The van der Waals surface area contributed by atoms with Crippen LogP contribution < -0.4 is 5.73 Å². The van der Waals surface area contributed by atoms with Crippen LogP contribution in [0.25, 0.3) is 11.0 Å². The van der Waals surface area contributed by atoms with Gasteiger partial charge in [-0.25, -0.2) is 9.37 Å². The quantitative estimate of drug-likeness (QED) is 0.754. The monoisotopic (exact) mass is 245 g/mol. The van der Waals surface area contributed by atoms with Crippen LogP contribution in [0.4, 0.5) is 4.39 Å². The Balaban J connectivity index is 2.07. The molecule has 0 spiro atoms. The van der Waals surface area contributed by atoms with Crippen LogP contribution in [-0.2, 0) is 7.05 Å². The van der Waals surface area contributed by atoms with E-state index in [4.69, 9.17) is 10.2 Å². The van der Waals surface area contributed by atoms with E-state index in [-0.39, 0.29) is 5.82 Å². The molecule has 0 aliphatic heterocycles. The number of furan rings is 1. The van der Waals surface area contributed by atoms with Crippen molar-refractivity contribution in [3.63, 3.8) is 0 Å². The number of halogens is 1. The first-order valence-corrected chi connectivity index (χ1v) is 5.57. The molecule has 4 nitrogen and oxygen atoms in total. The van der Waals surface area contributed by atoms with Crippen LogP contribution >= 0.6 is 0 Å². The van der Waals surface area contributed by atoms with Gasteiger partial charge in [0.25, 0.3) is 0 Å². The van der Waals surface area contributed by atoms with E-state index < -0.39 is 6.04 Å². The Kier molecular flexibility index (Phi) is 2.41. The molecule has 5 heteroatoms. The van der Waals surface area contributed by atoms with Crippen LogP contribution in [0.15, 0.2) is 41.1 Å². The second-order valence-electron chi connectivity index (χ2n) is 4.20. The van der Waals surface area contributed by atoms with Gasteiger partial charge in [-0.15, -0.1) is 0 Å². The molecular weight excluding hydrogens is 233 g/mol. The number of hydrogen-bond acceptors (Lipinski definition) is 3. The number of aryl methyl sites for hydroxylation is 1. The van der Waals surface area contributed by atoms with Crippen molar-refractivity contribution in [1.29, 1.82) is 0 Å². The summed E-state index contributed by atoms with van der Waals surface area (Å²) in [6.45, 7) is 0. The average Bonchev–Trinajstić information content (AvgIpc) is 2.93. The normalized spacial score (nSPS) is 13.1. The van der Waals surface area contributed by atoms with E-state index in [1.165, 1.54) is 12.1 Å². The maximum absolute atomic E-state index is 13.1. The minimum absolute atomic E-state index is 0.291. The van der Waals surface area contributed by atoms with Gasteiger partial charge < -0.3 is 14.7 Å². The molecule has 0 fully saturated rings. The Morgan fingerprint density at radius 1 is 1.39 bits per heavy atom. The highest BCUT2D eigenvalue weighted by molar-refractivity contribution is 5.78. The summed E-state index contributed by atoms with van der Waals surface area (Å²) >= 11 is 0. The molecule has 92 valence electrons. The topological polar surface area (TPSA) is 57.0 Å². The second kappa shape index (κ2) is 3.96. The van der Waals surface area contributed by atoms with Gasteiger partial charge in [-0.05, 0) is 24.3 Å². The van der Waals surface area contributed by atoms with Gasteiger partial charge >= 0.3 is 0 Å². The van der Waals surface area contributed by atoms with Gasteiger partial charge in [0.1, 0.15) is 29.0 Å². The Morgan fingerprint density at radius 2 is 2.22 bits per heavy atom. The smallest absolute Gasteiger partial charge is 0.134 e. The first-order chi connectivity index (χ1) is 8.65. The fourth-order valence-electron chi connectivity index (χ4n) is 1.99. The molecule has 1 atom stereocenters. The molecule has 0 bridgehead atoms. The minimum atomic E-state index is -0.458. The molecule has 18 heavy (non-hydrogen) atoms. The Morgan fingerprint density at radius 3 is 2.94 bits per heavy atom. The zero-order valence-electron chi connectivity index (χ0n) is 9.80. The molecule has 0 radical (unpaired) electrons. The van der Waals surface area contributed by atoms with E-state index in [1.54, 1.807) is 18.3 Å². The molecule has 2 aromatic heterocycles. The molecule has 3 aromatic rings. The van der Waals surface area contributed by atoms with Gasteiger partial charge in [-0.2, -0.15) is 0 Å². The van der Waals surface area contributed by atoms with Crippen molar-refractivity contribution in [3.05, 3.63) is 54.1 Å². The first kappa shape index (κ1) is 11.0. The van der Waals surface area contributed by atoms with Gasteiger partial charge in [-0.1, -0.05) is 0 Å². The highest BCUT2D eigenvalue weighted by Gasteiger charge is 2.17. The van der Waals surface area contributed by atoms with E-state index in [0.717, 1.165) is 0 Å². The lowest BCUT2D eigenvalue weighted by atomic mass is 10.2. The van der Waals surface area contributed by atoms with E-state index in [9.17, 15) is 4.39 Å². The number of nitrogens with two attached hydrogens (primary N) is 1. The summed E-state index contributed by atoms with van der Waals surface area (Å²) in [7, 11) is 1.87. The molecule has 3 rings (SSSR count). The molecule has 0 saturated heterocycles. The number of aromatic nitrogens is 2. The highest BCUT2D eigenvalue weighted by atomic mass is 19.1. The first-order valence-electron chi connectivity index (χ1n) is 5.57. The zero-order chi connectivity index (χ0) is 12.7. The van der Waals surface area contributed by atoms with E-state index >= 15 is 0 Å². The average molecular weight is 245 g/mol. The van der Waals surface area contributed by atoms with E-state index in [2.05, 4.69) is 4.98 Å². The van der Waals surface area contributed by atoms with E-state index in [0.29, 0.717) is 22.6 Å². The molecule has 0 aliphatic carbocycles. The SMILES string of the molecule is Cn1ccnc1C(N)c1cc2cc(F)ccc2o1. The number of nitrogens with zero attached hydrogens (tertiary/aromatic N) is 2. The Hall–Kier alpha value is -2.14. The van der Waals surface area contributed by atoms with Crippen molar-refractivity contribution in [3.8, 4) is 0 Å². The Labute approximate surface area is 103 Å². The molecule has 0 aliphatic rings. The molecule has 1 aromatic carbocycles. The summed E-state index contributed by atoms with van der Waals surface area (Å²) in [6.07, 6.45) is 3.50. The van der Waals surface area contributed by atoms with Gasteiger partial charge in [0.05, 0.1) is 0 Å². The molecular formula is C13H12FN3O. The lowest BCUT2D eigenvalue weighted by Gasteiger charge is -2.07. The van der Waals surface area contributed by atoms with Crippen molar-refractivity contribution >= 4 is 11.0 Å². The number of benzene rings is 1. The van der Waals surface area contributed by atoms with E-state index in [1.807, 2.05) is 17.8 Å². The summed E-state index contributed by atoms with van der Waals surface area (Å²) in [6, 6.07) is 5.67. The van der Waals surface area contributed by atoms with Crippen molar-refractivity contribution in [2.24, 2.45) is 12.8 Å². The van der Waals surface area contributed by atoms with Crippen LogP contribution in [0.5, 0.6) is 0 Å². The largest absolute Gasteiger partial charge is 0.459 e. The maximum atomic E-state index is 13.1. The molecule has 2 heterocycles. The van der Waals surface area contributed by atoms with Crippen LogP contribution in [0, 0.1) is 5.82 Å². The molecule has 0 amide bonds. The minimum Gasteiger partial charge on any atom is -0.459 e. The number of rotatable bonds is 2. The van der Waals surface area contributed by atoms with Gasteiger partial charge in [-0.3, -0.25) is 0 Å². The summed E-state index contributed by atoms with van der Waals surface area (Å²) in [4.78, 5) is 4.18. The third-order valence-electron chi connectivity index (χ3n) is 2.94. The predicted molar refractivity (Wildman–Crippen MR) is 65.4 cm³/mol. The van der Waals surface area contributed by atoms with Gasteiger partial charge in [0.2, 0.25) is 0 Å². The summed E-state index contributed by atoms with van der Waals surface area (Å²) in [5.41, 5.74) is 6.71.